The van der Waals surface area contributed by atoms with Crippen molar-refractivity contribution in [2.24, 2.45) is 5.14 Å². The molecule has 0 bridgehead atoms. The summed E-state index contributed by atoms with van der Waals surface area (Å²) in [5.41, 5.74) is -0.704. The van der Waals surface area contributed by atoms with E-state index in [2.05, 4.69) is 9.97 Å². The number of hydrogen-bond donors (Lipinski definition) is 2. The predicted octanol–water partition coefficient (Wildman–Crippen LogP) is 3.49. The van der Waals surface area contributed by atoms with Crippen LogP contribution >= 0.6 is 11.8 Å². The number of halogens is 3. The van der Waals surface area contributed by atoms with Crippen LogP contribution in [0.5, 0.6) is 0 Å². The Labute approximate surface area is 168 Å². The molecule has 0 aliphatic rings. The van der Waals surface area contributed by atoms with Crippen LogP contribution in [0.25, 0.3) is 22.4 Å². The lowest BCUT2D eigenvalue weighted by Crippen LogP contribution is -2.21. The van der Waals surface area contributed by atoms with Crippen molar-refractivity contribution in [3.8, 4) is 22.4 Å². The van der Waals surface area contributed by atoms with Crippen molar-refractivity contribution >= 4 is 21.8 Å². The number of thioether (sulfide) groups is 1. The summed E-state index contributed by atoms with van der Waals surface area (Å²) in [5, 5.41) is 5.05. The van der Waals surface area contributed by atoms with Gasteiger partial charge in [-0.25, -0.2) is 13.6 Å². The number of alkyl halides is 3. The van der Waals surface area contributed by atoms with Gasteiger partial charge in [0.05, 0.1) is 16.2 Å². The Kier molecular flexibility index (Phi) is 5.57. The van der Waals surface area contributed by atoms with Gasteiger partial charge in [0.25, 0.3) is 5.56 Å². The lowest BCUT2D eigenvalue weighted by molar-refractivity contribution is -0.145. The third kappa shape index (κ3) is 4.52. The molecule has 1 heterocycles. The van der Waals surface area contributed by atoms with Gasteiger partial charge in [-0.1, -0.05) is 24.3 Å². The molecular formula is C18H14F3N3O3S2. The van der Waals surface area contributed by atoms with Crippen molar-refractivity contribution in [3.63, 3.8) is 0 Å². The van der Waals surface area contributed by atoms with E-state index in [1.54, 1.807) is 24.3 Å². The molecule has 0 fully saturated rings. The van der Waals surface area contributed by atoms with Crippen LogP contribution in [0.2, 0.25) is 0 Å². The first-order chi connectivity index (χ1) is 13.5. The third-order valence-electron chi connectivity index (χ3n) is 4.04. The highest BCUT2D eigenvalue weighted by atomic mass is 32.2. The maximum Gasteiger partial charge on any atom is 0.449 e. The number of aromatic amines is 1. The van der Waals surface area contributed by atoms with E-state index in [1.165, 1.54) is 23.9 Å². The van der Waals surface area contributed by atoms with E-state index >= 15 is 0 Å². The van der Waals surface area contributed by atoms with Gasteiger partial charge >= 0.3 is 6.18 Å². The second-order valence-electron chi connectivity index (χ2n) is 5.94. The van der Waals surface area contributed by atoms with Crippen molar-refractivity contribution in [1.82, 2.24) is 9.97 Å². The monoisotopic (exact) mass is 441 g/mol. The minimum Gasteiger partial charge on any atom is -0.335 e. The van der Waals surface area contributed by atoms with Crippen LogP contribution in [0, 0.1) is 0 Å². The van der Waals surface area contributed by atoms with E-state index in [9.17, 15) is 26.4 Å². The SMILES string of the molecule is CSc1ccc(-c2c(-c3ccc(S(N)(=O)=O)cc3)[nH]c(C(F)(F)F)nc2=O)cc1. The lowest BCUT2D eigenvalue weighted by atomic mass is 10.0. The predicted molar refractivity (Wildman–Crippen MR) is 104 cm³/mol. The smallest absolute Gasteiger partial charge is 0.335 e. The Hall–Kier alpha value is -2.63. The number of nitrogens with one attached hydrogen (secondary N) is 1. The Balaban J connectivity index is 2.27. The van der Waals surface area contributed by atoms with E-state index in [-0.39, 0.29) is 21.7 Å². The molecule has 3 aromatic rings. The van der Waals surface area contributed by atoms with Gasteiger partial charge in [0.2, 0.25) is 15.8 Å². The topological polar surface area (TPSA) is 106 Å². The van der Waals surface area contributed by atoms with Gasteiger partial charge in [-0.15, -0.1) is 11.8 Å². The van der Waals surface area contributed by atoms with Crippen molar-refractivity contribution in [2.45, 2.75) is 16.0 Å². The van der Waals surface area contributed by atoms with E-state index < -0.39 is 27.6 Å². The number of sulfonamides is 1. The first kappa shape index (κ1) is 21.1. The van der Waals surface area contributed by atoms with Crippen LogP contribution in [-0.4, -0.2) is 24.6 Å². The molecule has 0 saturated carbocycles. The van der Waals surface area contributed by atoms with Crippen LogP contribution < -0.4 is 10.7 Å². The summed E-state index contributed by atoms with van der Waals surface area (Å²) in [6, 6.07) is 11.5. The van der Waals surface area contributed by atoms with Gasteiger partial charge in [0.1, 0.15) is 0 Å². The number of nitrogens with zero attached hydrogens (tertiary/aromatic N) is 1. The van der Waals surface area contributed by atoms with Crippen molar-refractivity contribution in [3.05, 3.63) is 64.7 Å². The average molecular weight is 441 g/mol. The first-order valence-corrected chi connectivity index (χ1v) is 10.8. The summed E-state index contributed by atoms with van der Waals surface area (Å²) in [7, 11) is -3.98. The zero-order chi connectivity index (χ0) is 21.4. The van der Waals surface area contributed by atoms with Crippen molar-refractivity contribution in [2.75, 3.05) is 6.26 Å². The van der Waals surface area contributed by atoms with E-state index in [1.807, 2.05) is 6.26 Å². The summed E-state index contributed by atoms with van der Waals surface area (Å²) in [6.45, 7) is 0. The molecule has 11 heteroatoms. The third-order valence-corrected chi connectivity index (χ3v) is 5.71. The van der Waals surface area contributed by atoms with Gasteiger partial charge in [0, 0.05) is 4.90 Å². The molecule has 0 radical (unpaired) electrons. The molecular weight excluding hydrogens is 427 g/mol. The summed E-state index contributed by atoms with van der Waals surface area (Å²) in [5.74, 6) is -1.45. The summed E-state index contributed by atoms with van der Waals surface area (Å²) in [6.07, 6.45) is -3.00. The van der Waals surface area contributed by atoms with Crippen LogP contribution in [0.4, 0.5) is 13.2 Å². The number of H-pyrrole nitrogens is 1. The largest absolute Gasteiger partial charge is 0.449 e. The van der Waals surface area contributed by atoms with Gasteiger partial charge < -0.3 is 4.98 Å². The Bertz CT molecular complexity index is 1200. The number of nitrogens with two attached hydrogens (primary N) is 1. The summed E-state index contributed by atoms with van der Waals surface area (Å²) >= 11 is 1.47. The minimum absolute atomic E-state index is 0.0611. The molecule has 0 aliphatic heterocycles. The van der Waals surface area contributed by atoms with Crippen LogP contribution in [0.15, 0.2) is 63.1 Å². The molecule has 3 rings (SSSR count). The highest BCUT2D eigenvalue weighted by Gasteiger charge is 2.35. The molecule has 0 unspecified atom stereocenters. The van der Waals surface area contributed by atoms with E-state index in [0.29, 0.717) is 5.56 Å². The molecule has 2 aromatic carbocycles. The average Bonchev–Trinajstić information content (AvgIpc) is 2.66. The molecule has 152 valence electrons. The maximum absolute atomic E-state index is 13.2. The van der Waals surface area contributed by atoms with Gasteiger partial charge in [-0.3, -0.25) is 4.79 Å². The maximum atomic E-state index is 13.2. The minimum atomic E-state index is -4.87. The highest BCUT2D eigenvalue weighted by Crippen LogP contribution is 2.33. The molecule has 0 amide bonds. The van der Waals surface area contributed by atoms with E-state index in [0.717, 1.165) is 17.0 Å². The summed E-state index contributed by atoms with van der Waals surface area (Å²) < 4.78 is 62.4. The second-order valence-corrected chi connectivity index (χ2v) is 8.38. The van der Waals surface area contributed by atoms with E-state index in [4.69, 9.17) is 5.14 Å². The number of rotatable bonds is 4. The fourth-order valence-corrected chi connectivity index (χ4v) is 3.58. The second kappa shape index (κ2) is 7.65. The van der Waals surface area contributed by atoms with Crippen molar-refractivity contribution < 1.29 is 21.6 Å². The van der Waals surface area contributed by atoms with Gasteiger partial charge in [0.15, 0.2) is 0 Å². The molecule has 29 heavy (non-hydrogen) atoms. The molecule has 0 spiro atoms. The Morgan fingerprint density at radius 2 is 1.55 bits per heavy atom. The lowest BCUT2D eigenvalue weighted by Gasteiger charge is -2.13. The van der Waals surface area contributed by atoms with Crippen LogP contribution in [0.3, 0.4) is 0 Å². The molecule has 6 nitrogen and oxygen atoms in total. The van der Waals surface area contributed by atoms with Gasteiger partial charge in [-0.05, 0) is 41.6 Å². The fourth-order valence-electron chi connectivity index (χ4n) is 2.66. The van der Waals surface area contributed by atoms with Crippen LogP contribution in [0.1, 0.15) is 5.82 Å². The van der Waals surface area contributed by atoms with Crippen molar-refractivity contribution in [1.29, 1.82) is 0 Å². The molecule has 1 aromatic heterocycles. The first-order valence-electron chi connectivity index (χ1n) is 8.00. The normalized spacial score (nSPS) is 12.2. The summed E-state index contributed by atoms with van der Waals surface area (Å²) in [4.78, 5) is 18.5. The highest BCUT2D eigenvalue weighted by molar-refractivity contribution is 7.98. The number of primary sulfonamides is 1. The van der Waals surface area contributed by atoms with Crippen LogP contribution in [-0.2, 0) is 16.2 Å². The zero-order valence-corrected chi connectivity index (χ0v) is 16.5. The number of hydrogen-bond acceptors (Lipinski definition) is 5. The molecule has 0 saturated heterocycles. The molecule has 0 atom stereocenters. The zero-order valence-electron chi connectivity index (χ0n) is 14.8. The number of aromatic nitrogens is 2. The standard InChI is InChI=1S/C18H14F3N3O3S2/c1-28-12-6-2-10(3-7-12)14-15(23-17(18(19,20)21)24-16(14)25)11-4-8-13(9-5-11)29(22,26)27/h2-9H,1H3,(H2,22,26,27)(H,23,24,25). The Morgan fingerprint density at radius 3 is 2.03 bits per heavy atom. The number of benzene rings is 2. The molecule has 0 aliphatic carbocycles. The Morgan fingerprint density at radius 1 is 1.00 bits per heavy atom. The van der Waals surface area contributed by atoms with Gasteiger partial charge in [-0.2, -0.15) is 18.2 Å². The quantitative estimate of drug-likeness (QED) is 0.603. The fraction of sp³-hybridized carbons (Fsp3) is 0.111. The molecule has 3 N–H and O–H groups in total.